The Morgan fingerprint density at radius 2 is 2.29 bits per heavy atom. The van der Waals surface area contributed by atoms with Crippen molar-refractivity contribution in [2.24, 2.45) is 0 Å². The maximum Gasteiger partial charge on any atom is 0.343 e. The molecule has 0 radical (unpaired) electrons. The topological polar surface area (TPSA) is 75.5 Å². The summed E-state index contributed by atoms with van der Waals surface area (Å²) >= 11 is 0. The summed E-state index contributed by atoms with van der Waals surface area (Å²) in [4.78, 5) is 16.6. The molecule has 0 bridgehead atoms. The Kier molecular flexibility index (Phi) is 4.29. The lowest BCUT2D eigenvalue weighted by Crippen LogP contribution is -2.16. The number of methoxy groups -OCH3 is 1. The monoisotopic (exact) mass is 235 g/mol. The van der Waals surface area contributed by atoms with Crippen molar-refractivity contribution in [3.8, 4) is 11.9 Å². The van der Waals surface area contributed by atoms with Crippen molar-refractivity contribution in [2.45, 2.75) is 0 Å². The van der Waals surface area contributed by atoms with Crippen LogP contribution in [0.2, 0.25) is 0 Å². The molecule has 1 aromatic heterocycles. The van der Waals surface area contributed by atoms with Crippen LogP contribution < -0.4 is 9.64 Å². The first-order chi connectivity index (χ1) is 8.10. The van der Waals surface area contributed by atoms with E-state index in [-0.39, 0.29) is 12.5 Å². The van der Waals surface area contributed by atoms with Gasteiger partial charge in [0.15, 0.2) is 6.61 Å². The summed E-state index contributed by atoms with van der Waals surface area (Å²) in [5.74, 6) is -0.393. The Labute approximate surface area is 99.4 Å². The normalized spacial score (nSPS) is 9.29. The number of ether oxygens (including phenoxy) is 2. The fourth-order valence-electron chi connectivity index (χ4n) is 1.21. The van der Waals surface area contributed by atoms with Crippen molar-refractivity contribution in [1.82, 2.24) is 4.98 Å². The van der Waals surface area contributed by atoms with Crippen LogP contribution in [-0.4, -0.2) is 38.8 Å². The molecule has 0 saturated heterocycles. The molecule has 0 fully saturated rings. The second kappa shape index (κ2) is 5.70. The summed E-state index contributed by atoms with van der Waals surface area (Å²) < 4.78 is 9.57. The molecule has 0 aliphatic carbocycles. The van der Waals surface area contributed by atoms with E-state index in [4.69, 9.17) is 10.00 Å². The Hall–Kier alpha value is -2.29. The van der Waals surface area contributed by atoms with Gasteiger partial charge in [0.2, 0.25) is 5.88 Å². The Balaban J connectivity index is 2.96. The molecule has 6 heteroatoms. The molecule has 1 heterocycles. The van der Waals surface area contributed by atoms with Gasteiger partial charge in [-0.1, -0.05) is 0 Å². The van der Waals surface area contributed by atoms with E-state index in [0.717, 1.165) is 0 Å². The minimum absolute atomic E-state index is 0.129. The average Bonchev–Trinajstić information content (AvgIpc) is 2.34. The second-order valence-corrected chi connectivity index (χ2v) is 3.38. The third-order valence-electron chi connectivity index (χ3n) is 2.04. The van der Waals surface area contributed by atoms with Gasteiger partial charge in [0, 0.05) is 20.3 Å². The molecule has 0 unspecified atom stereocenters. The van der Waals surface area contributed by atoms with Gasteiger partial charge in [-0.05, 0) is 6.07 Å². The Bertz CT molecular complexity index is 452. The number of nitrogens with zero attached hydrogens (tertiary/aromatic N) is 3. The number of carbonyl (C=O) groups excluding carboxylic acids is 1. The predicted molar refractivity (Wildman–Crippen MR) is 60.8 cm³/mol. The summed E-state index contributed by atoms with van der Waals surface area (Å²) in [7, 11) is 4.88. The molecule has 0 aromatic carbocycles. The standard InChI is InChI=1S/C11H13N3O3/c1-14(2)9-4-5-13-11(8(9)6-12)17-7-10(15)16-3/h4-5H,7H2,1-3H3. The quantitative estimate of drug-likeness (QED) is 0.710. The van der Waals surface area contributed by atoms with Crippen LogP contribution in [0.4, 0.5) is 5.69 Å². The lowest BCUT2D eigenvalue weighted by molar-refractivity contribution is -0.143. The summed E-state index contributed by atoms with van der Waals surface area (Å²) in [5.41, 5.74) is 0.976. The highest BCUT2D eigenvalue weighted by atomic mass is 16.6. The van der Waals surface area contributed by atoms with E-state index < -0.39 is 5.97 Å². The van der Waals surface area contributed by atoms with Gasteiger partial charge >= 0.3 is 5.97 Å². The van der Waals surface area contributed by atoms with E-state index in [0.29, 0.717) is 11.3 Å². The number of rotatable bonds is 4. The van der Waals surface area contributed by atoms with Crippen LogP contribution >= 0.6 is 0 Å². The number of aromatic nitrogens is 1. The summed E-state index contributed by atoms with van der Waals surface area (Å²) in [6.07, 6.45) is 1.52. The van der Waals surface area contributed by atoms with Crippen LogP contribution in [0.25, 0.3) is 0 Å². The highest BCUT2D eigenvalue weighted by molar-refractivity contribution is 5.71. The van der Waals surface area contributed by atoms with Crippen LogP contribution in [0.1, 0.15) is 5.56 Å². The van der Waals surface area contributed by atoms with E-state index in [1.807, 2.05) is 6.07 Å². The van der Waals surface area contributed by atoms with Gasteiger partial charge in [-0.2, -0.15) is 5.26 Å². The van der Waals surface area contributed by atoms with Crippen molar-refractivity contribution >= 4 is 11.7 Å². The maximum atomic E-state index is 10.9. The lowest BCUT2D eigenvalue weighted by Gasteiger charge is -2.15. The molecule has 0 spiro atoms. The fourth-order valence-corrected chi connectivity index (χ4v) is 1.21. The van der Waals surface area contributed by atoms with Crippen LogP contribution in [0, 0.1) is 11.3 Å². The number of hydrogen-bond acceptors (Lipinski definition) is 6. The molecule has 6 nitrogen and oxygen atoms in total. The number of esters is 1. The summed E-state index contributed by atoms with van der Waals surface area (Å²) in [5, 5.41) is 9.06. The molecule has 0 aliphatic heterocycles. The first kappa shape index (κ1) is 12.8. The van der Waals surface area contributed by atoms with Crippen LogP contribution in [0.3, 0.4) is 0 Å². The minimum Gasteiger partial charge on any atom is -0.466 e. The Morgan fingerprint density at radius 1 is 1.59 bits per heavy atom. The molecule has 1 rings (SSSR count). The third kappa shape index (κ3) is 3.08. The second-order valence-electron chi connectivity index (χ2n) is 3.38. The molecule has 0 saturated carbocycles. The zero-order valence-electron chi connectivity index (χ0n) is 9.93. The molecular formula is C11H13N3O3. The Morgan fingerprint density at radius 3 is 2.82 bits per heavy atom. The molecule has 0 aliphatic rings. The molecule has 0 atom stereocenters. The lowest BCUT2D eigenvalue weighted by atomic mass is 10.2. The number of pyridine rings is 1. The van der Waals surface area contributed by atoms with Crippen LogP contribution in [-0.2, 0) is 9.53 Å². The maximum absolute atomic E-state index is 10.9. The van der Waals surface area contributed by atoms with Crippen molar-refractivity contribution in [1.29, 1.82) is 5.26 Å². The zero-order valence-corrected chi connectivity index (χ0v) is 9.93. The van der Waals surface area contributed by atoms with Gasteiger partial charge in [0.1, 0.15) is 11.6 Å². The van der Waals surface area contributed by atoms with Gasteiger partial charge in [-0.25, -0.2) is 9.78 Å². The predicted octanol–water partition coefficient (Wildman–Crippen LogP) is 0.571. The van der Waals surface area contributed by atoms with Crippen molar-refractivity contribution in [3.63, 3.8) is 0 Å². The SMILES string of the molecule is COC(=O)COc1nccc(N(C)C)c1C#N. The highest BCUT2D eigenvalue weighted by Gasteiger charge is 2.13. The molecule has 0 N–H and O–H groups in total. The van der Waals surface area contributed by atoms with Crippen molar-refractivity contribution in [3.05, 3.63) is 17.8 Å². The van der Waals surface area contributed by atoms with E-state index in [9.17, 15) is 4.79 Å². The smallest absolute Gasteiger partial charge is 0.343 e. The average molecular weight is 235 g/mol. The van der Waals surface area contributed by atoms with E-state index in [2.05, 4.69) is 9.72 Å². The van der Waals surface area contributed by atoms with Crippen molar-refractivity contribution < 1.29 is 14.3 Å². The van der Waals surface area contributed by atoms with Crippen molar-refractivity contribution in [2.75, 3.05) is 32.7 Å². The molecule has 1 aromatic rings. The summed E-state index contributed by atoms with van der Waals surface area (Å²) in [6.45, 7) is -0.269. The molecule has 90 valence electrons. The zero-order chi connectivity index (χ0) is 12.8. The molecular weight excluding hydrogens is 222 g/mol. The number of anilines is 1. The highest BCUT2D eigenvalue weighted by Crippen LogP contribution is 2.24. The van der Waals surface area contributed by atoms with Crippen LogP contribution in [0.5, 0.6) is 5.88 Å². The van der Waals surface area contributed by atoms with E-state index in [1.165, 1.54) is 13.3 Å². The molecule has 0 amide bonds. The molecule has 17 heavy (non-hydrogen) atoms. The van der Waals surface area contributed by atoms with Gasteiger partial charge in [-0.15, -0.1) is 0 Å². The first-order valence-corrected chi connectivity index (χ1v) is 4.86. The minimum atomic E-state index is -0.522. The third-order valence-corrected chi connectivity index (χ3v) is 2.04. The first-order valence-electron chi connectivity index (χ1n) is 4.86. The van der Waals surface area contributed by atoms with E-state index in [1.54, 1.807) is 25.1 Å². The van der Waals surface area contributed by atoms with Crippen LogP contribution in [0.15, 0.2) is 12.3 Å². The number of carbonyl (C=O) groups is 1. The fraction of sp³-hybridized carbons (Fsp3) is 0.364. The number of hydrogen-bond donors (Lipinski definition) is 0. The van der Waals surface area contributed by atoms with Gasteiger partial charge in [-0.3, -0.25) is 0 Å². The van der Waals surface area contributed by atoms with Gasteiger partial charge in [0.05, 0.1) is 12.8 Å². The van der Waals surface area contributed by atoms with Gasteiger partial charge in [0.25, 0.3) is 0 Å². The largest absolute Gasteiger partial charge is 0.466 e. The van der Waals surface area contributed by atoms with Gasteiger partial charge < -0.3 is 14.4 Å². The van der Waals surface area contributed by atoms with E-state index >= 15 is 0 Å². The number of nitriles is 1. The summed E-state index contributed by atoms with van der Waals surface area (Å²) in [6, 6.07) is 3.70.